The van der Waals surface area contributed by atoms with Crippen LogP contribution < -0.4 is 11.5 Å². The molecule has 3 rings (SSSR count). The summed E-state index contributed by atoms with van der Waals surface area (Å²) in [4.78, 5) is 0. The van der Waals surface area contributed by atoms with Crippen molar-refractivity contribution in [3.8, 4) is 11.3 Å². The highest BCUT2D eigenvalue weighted by molar-refractivity contribution is 5.92. The summed E-state index contributed by atoms with van der Waals surface area (Å²) in [6.45, 7) is 0. The van der Waals surface area contributed by atoms with Gasteiger partial charge in [0.05, 0.1) is 23.3 Å². The Hall–Kier alpha value is -3.21. The van der Waals surface area contributed by atoms with Crippen molar-refractivity contribution in [1.29, 1.82) is 0 Å². The molecule has 2 aromatic carbocycles. The number of nitrogens with zero attached hydrogens (tertiary/aromatic N) is 3. The summed E-state index contributed by atoms with van der Waals surface area (Å²) in [5, 5.41) is 11.4. The van der Waals surface area contributed by atoms with Crippen LogP contribution in [0.4, 0.5) is 0 Å². The Morgan fingerprint density at radius 1 is 0.773 bits per heavy atom. The van der Waals surface area contributed by atoms with Gasteiger partial charge in [-0.3, -0.25) is 0 Å². The van der Waals surface area contributed by atoms with Crippen molar-refractivity contribution in [3.63, 3.8) is 0 Å². The molecule has 0 atom stereocenters. The molecule has 0 saturated heterocycles. The maximum Gasteiger partial charge on any atom is 0.0970 e. The molecule has 0 spiro atoms. The van der Waals surface area contributed by atoms with Gasteiger partial charge in [-0.1, -0.05) is 54.6 Å². The van der Waals surface area contributed by atoms with E-state index in [0.717, 1.165) is 16.7 Å². The van der Waals surface area contributed by atoms with Crippen LogP contribution in [0.5, 0.6) is 0 Å². The Bertz CT molecular complexity index is 798. The van der Waals surface area contributed by atoms with Crippen LogP contribution in [0, 0.1) is 0 Å². The minimum atomic E-state index is 0.514. The zero-order valence-electron chi connectivity index (χ0n) is 11.8. The second-order valence-electron chi connectivity index (χ2n) is 4.74. The average Bonchev–Trinajstić information content (AvgIpc) is 2.62. The average molecular weight is 289 g/mol. The van der Waals surface area contributed by atoms with E-state index in [1.807, 2.05) is 54.6 Å². The third kappa shape index (κ3) is 2.64. The van der Waals surface area contributed by atoms with Crippen LogP contribution in [-0.2, 0) is 0 Å². The van der Waals surface area contributed by atoms with Crippen molar-refractivity contribution in [2.75, 3.05) is 0 Å². The molecule has 3 aromatic rings. The molecule has 0 aliphatic rings. The summed E-state index contributed by atoms with van der Waals surface area (Å²) in [6.07, 6.45) is 1.60. The Morgan fingerprint density at radius 3 is 2.23 bits per heavy atom. The molecule has 0 saturated carbocycles. The summed E-state index contributed by atoms with van der Waals surface area (Å²) in [6, 6.07) is 19.1. The number of nitrogens with two attached hydrogens (primary N) is 2. The fourth-order valence-corrected chi connectivity index (χ4v) is 2.24. The van der Waals surface area contributed by atoms with Gasteiger partial charge in [-0.05, 0) is 16.8 Å². The topological polar surface area (TPSA) is 90.7 Å². The zero-order chi connectivity index (χ0) is 15.4. The predicted octanol–water partition coefficient (Wildman–Crippen LogP) is 2.28. The van der Waals surface area contributed by atoms with Crippen molar-refractivity contribution >= 4 is 11.4 Å². The highest BCUT2D eigenvalue weighted by Gasteiger charge is 2.11. The first-order chi connectivity index (χ1) is 10.8. The first-order valence-corrected chi connectivity index (χ1v) is 6.82. The van der Waals surface area contributed by atoms with Crippen LogP contribution in [0.1, 0.15) is 11.1 Å². The standard InChI is InChI=1S/C17H15N5/c18-16(12-6-2-1-3-7-12)17(19)14-9-5-4-8-13(14)15-10-11-20-22-21-15/h1-11H,18-19H2. The first-order valence-electron chi connectivity index (χ1n) is 6.82. The number of hydrogen-bond acceptors (Lipinski definition) is 5. The van der Waals surface area contributed by atoms with Crippen molar-refractivity contribution < 1.29 is 0 Å². The smallest absolute Gasteiger partial charge is 0.0970 e. The molecule has 22 heavy (non-hydrogen) atoms. The van der Waals surface area contributed by atoms with Crippen LogP contribution in [0.15, 0.2) is 66.9 Å². The van der Waals surface area contributed by atoms with Crippen molar-refractivity contribution in [1.82, 2.24) is 15.4 Å². The molecule has 0 aliphatic carbocycles. The minimum absolute atomic E-state index is 0.514. The highest BCUT2D eigenvalue weighted by atomic mass is 15.3. The van der Waals surface area contributed by atoms with E-state index in [1.165, 1.54) is 0 Å². The summed E-state index contributed by atoms with van der Waals surface area (Å²) in [7, 11) is 0. The highest BCUT2D eigenvalue weighted by Crippen LogP contribution is 2.27. The summed E-state index contributed by atoms with van der Waals surface area (Å²) in [5.74, 6) is 0. The van der Waals surface area contributed by atoms with Gasteiger partial charge in [0, 0.05) is 11.1 Å². The largest absolute Gasteiger partial charge is 0.397 e. The van der Waals surface area contributed by atoms with E-state index in [-0.39, 0.29) is 0 Å². The molecule has 0 unspecified atom stereocenters. The molecule has 5 heteroatoms. The van der Waals surface area contributed by atoms with E-state index in [0.29, 0.717) is 17.1 Å². The lowest BCUT2D eigenvalue weighted by molar-refractivity contribution is 0.870. The molecule has 0 fully saturated rings. The molecule has 108 valence electrons. The van der Waals surface area contributed by atoms with E-state index < -0.39 is 0 Å². The van der Waals surface area contributed by atoms with Gasteiger partial charge < -0.3 is 11.5 Å². The van der Waals surface area contributed by atoms with Gasteiger partial charge in [0.15, 0.2) is 0 Å². The van der Waals surface area contributed by atoms with Crippen LogP contribution >= 0.6 is 0 Å². The van der Waals surface area contributed by atoms with E-state index in [4.69, 9.17) is 11.5 Å². The lowest BCUT2D eigenvalue weighted by atomic mass is 9.99. The molecule has 0 amide bonds. The molecule has 1 heterocycles. The van der Waals surface area contributed by atoms with E-state index in [2.05, 4.69) is 15.4 Å². The Labute approximate surface area is 128 Å². The van der Waals surface area contributed by atoms with Gasteiger partial charge in [-0.25, -0.2) is 0 Å². The van der Waals surface area contributed by atoms with Gasteiger partial charge in [0.1, 0.15) is 0 Å². The summed E-state index contributed by atoms with van der Waals surface area (Å²) < 4.78 is 0. The van der Waals surface area contributed by atoms with Crippen LogP contribution in [0.2, 0.25) is 0 Å². The summed E-state index contributed by atoms with van der Waals surface area (Å²) >= 11 is 0. The fraction of sp³-hybridized carbons (Fsp3) is 0. The maximum absolute atomic E-state index is 6.30. The third-order valence-corrected chi connectivity index (χ3v) is 3.37. The Morgan fingerprint density at radius 2 is 1.50 bits per heavy atom. The SMILES string of the molecule is NC(=C(N)c1ccccc1-c1ccnnn1)c1ccccc1. The number of benzene rings is 2. The number of aromatic nitrogens is 3. The van der Waals surface area contributed by atoms with Gasteiger partial charge in [-0.15, -0.1) is 10.2 Å². The first kappa shape index (κ1) is 13.8. The quantitative estimate of drug-likeness (QED) is 0.722. The molecular weight excluding hydrogens is 274 g/mol. The van der Waals surface area contributed by atoms with Crippen LogP contribution in [0.25, 0.3) is 22.7 Å². The molecule has 5 nitrogen and oxygen atoms in total. The second kappa shape index (κ2) is 6.05. The Kier molecular flexibility index (Phi) is 3.78. The molecule has 0 aliphatic heterocycles. The van der Waals surface area contributed by atoms with E-state index >= 15 is 0 Å². The normalized spacial score (nSPS) is 11.8. The van der Waals surface area contributed by atoms with Crippen LogP contribution in [-0.4, -0.2) is 15.4 Å². The third-order valence-electron chi connectivity index (χ3n) is 3.37. The number of rotatable bonds is 3. The van der Waals surface area contributed by atoms with Crippen LogP contribution in [0.3, 0.4) is 0 Å². The fourth-order valence-electron chi connectivity index (χ4n) is 2.24. The lowest BCUT2D eigenvalue weighted by Gasteiger charge is -2.12. The summed E-state index contributed by atoms with van der Waals surface area (Å²) in [5.41, 5.74) is 16.9. The molecule has 0 bridgehead atoms. The predicted molar refractivity (Wildman–Crippen MR) is 86.9 cm³/mol. The molecule has 1 aromatic heterocycles. The Balaban J connectivity index is 2.13. The van der Waals surface area contributed by atoms with Crippen molar-refractivity contribution in [2.24, 2.45) is 11.5 Å². The van der Waals surface area contributed by atoms with Gasteiger partial charge in [-0.2, -0.15) is 0 Å². The maximum atomic E-state index is 6.30. The monoisotopic (exact) mass is 289 g/mol. The second-order valence-corrected chi connectivity index (χ2v) is 4.74. The van der Waals surface area contributed by atoms with Crippen molar-refractivity contribution in [2.45, 2.75) is 0 Å². The van der Waals surface area contributed by atoms with Gasteiger partial charge in [0.25, 0.3) is 0 Å². The molecule has 0 radical (unpaired) electrons. The van der Waals surface area contributed by atoms with Gasteiger partial charge >= 0.3 is 0 Å². The van der Waals surface area contributed by atoms with E-state index in [1.54, 1.807) is 12.3 Å². The minimum Gasteiger partial charge on any atom is -0.397 e. The zero-order valence-corrected chi connectivity index (χ0v) is 11.8. The van der Waals surface area contributed by atoms with Crippen molar-refractivity contribution in [3.05, 3.63) is 78.0 Å². The number of hydrogen-bond donors (Lipinski definition) is 2. The molecule has 4 N–H and O–H groups in total. The molecular formula is C17H15N5. The lowest BCUT2D eigenvalue weighted by Crippen LogP contribution is -2.09. The van der Waals surface area contributed by atoms with E-state index in [9.17, 15) is 0 Å². The van der Waals surface area contributed by atoms with Gasteiger partial charge in [0.2, 0.25) is 0 Å².